The van der Waals surface area contributed by atoms with Crippen molar-refractivity contribution in [2.24, 2.45) is 0 Å². The summed E-state index contributed by atoms with van der Waals surface area (Å²) >= 11 is 16.7. The minimum Gasteiger partial charge on any atom is -0.386 e. The van der Waals surface area contributed by atoms with Crippen LogP contribution in [0, 0.1) is 0 Å². The highest BCUT2D eigenvalue weighted by Crippen LogP contribution is 2.25. The Labute approximate surface area is 85.9 Å². The fraction of sp³-hybridized carbons (Fsp3) is 0.250. The molecule has 0 spiro atoms. The summed E-state index contributed by atoms with van der Waals surface area (Å²) in [4.78, 5) is -0.830. The summed E-state index contributed by atoms with van der Waals surface area (Å²) in [5, 5.41) is 9.96. The molecule has 1 rings (SSSR count). The average Bonchev–Trinajstić information content (AvgIpc) is 2.03. The smallest absolute Gasteiger partial charge is 0.137 e. The normalized spacial score (nSPS) is 13.4. The van der Waals surface area contributed by atoms with Crippen molar-refractivity contribution in [2.45, 2.75) is 10.9 Å². The van der Waals surface area contributed by atoms with Gasteiger partial charge in [-0.3, -0.25) is 0 Å². The second kappa shape index (κ2) is 4.33. The van der Waals surface area contributed by atoms with Crippen molar-refractivity contribution in [1.82, 2.24) is 0 Å². The maximum absolute atomic E-state index is 9.40. The van der Waals surface area contributed by atoms with Crippen LogP contribution in [0.15, 0.2) is 24.3 Å². The van der Waals surface area contributed by atoms with E-state index in [0.717, 1.165) is 0 Å². The van der Waals surface area contributed by atoms with E-state index in [1.54, 1.807) is 24.3 Å². The van der Waals surface area contributed by atoms with Crippen LogP contribution in [0.25, 0.3) is 0 Å². The Balaban J connectivity index is 2.88. The highest BCUT2D eigenvalue weighted by molar-refractivity contribution is 6.44. The van der Waals surface area contributed by atoms with Crippen molar-refractivity contribution in [3.63, 3.8) is 0 Å². The van der Waals surface area contributed by atoms with E-state index in [4.69, 9.17) is 34.8 Å². The van der Waals surface area contributed by atoms with Crippen LogP contribution in [0.5, 0.6) is 0 Å². The van der Waals surface area contributed by atoms with Crippen molar-refractivity contribution in [2.75, 3.05) is 0 Å². The molecule has 0 aliphatic heterocycles. The Hall–Kier alpha value is 0.0500. The summed E-state index contributed by atoms with van der Waals surface area (Å²) in [6.45, 7) is 0. The molecule has 4 heteroatoms. The van der Waals surface area contributed by atoms with Crippen molar-refractivity contribution < 1.29 is 5.11 Å². The largest absolute Gasteiger partial charge is 0.386 e. The zero-order valence-electron chi connectivity index (χ0n) is 6.05. The molecule has 1 aromatic rings. The molecule has 0 saturated carbocycles. The molecule has 0 saturated heterocycles. The molecule has 1 nitrogen and oxygen atoms in total. The Bertz CT molecular complexity index is 262. The van der Waals surface area contributed by atoms with Gasteiger partial charge in [-0.25, -0.2) is 0 Å². The van der Waals surface area contributed by atoms with E-state index in [1.807, 2.05) is 0 Å². The molecule has 0 aliphatic rings. The number of aliphatic hydroxyl groups excluding tert-OH is 1. The summed E-state index contributed by atoms with van der Waals surface area (Å²) in [6, 6.07) is 6.80. The monoisotopic (exact) mass is 224 g/mol. The number of alkyl halides is 2. The van der Waals surface area contributed by atoms with E-state index in [1.165, 1.54) is 0 Å². The molecule has 0 aliphatic carbocycles. The third-order valence-electron chi connectivity index (χ3n) is 1.43. The lowest BCUT2D eigenvalue weighted by atomic mass is 10.1. The van der Waals surface area contributed by atoms with Gasteiger partial charge in [0, 0.05) is 5.02 Å². The minimum absolute atomic E-state index is 0.556. The Morgan fingerprint density at radius 3 is 2.42 bits per heavy atom. The fourth-order valence-corrected chi connectivity index (χ4v) is 1.33. The number of rotatable bonds is 2. The number of benzene rings is 1. The van der Waals surface area contributed by atoms with E-state index in [0.29, 0.717) is 10.6 Å². The van der Waals surface area contributed by atoms with Crippen LogP contribution in [0.3, 0.4) is 0 Å². The van der Waals surface area contributed by atoms with Gasteiger partial charge in [-0.2, -0.15) is 0 Å². The first-order valence-corrected chi connectivity index (χ1v) is 4.58. The predicted octanol–water partition coefficient (Wildman–Crippen LogP) is 3.18. The topological polar surface area (TPSA) is 20.2 Å². The van der Waals surface area contributed by atoms with E-state index in [9.17, 15) is 5.11 Å². The standard InChI is InChI=1S/C8H7Cl3O/c9-6-3-1-2-5(4-6)7(12)8(10)11/h1-4,7-8,12H. The second-order valence-electron chi connectivity index (χ2n) is 2.33. The number of halogens is 3. The highest BCUT2D eigenvalue weighted by atomic mass is 35.5. The molecule has 1 atom stereocenters. The van der Waals surface area contributed by atoms with E-state index >= 15 is 0 Å². The first-order chi connectivity index (χ1) is 5.61. The summed E-state index contributed by atoms with van der Waals surface area (Å²) in [5.74, 6) is 0. The summed E-state index contributed by atoms with van der Waals surface area (Å²) in [6.07, 6.45) is -0.882. The maximum atomic E-state index is 9.40. The molecule has 12 heavy (non-hydrogen) atoms. The first-order valence-electron chi connectivity index (χ1n) is 3.33. The fourth-order valence-electron chi connectivity index (χ4n) is 0.836. The van der Waals surface area contributed by atoms with Gasteiger partial charge in [0.25, 0.3) is 0 Å². The molecule has 66 valence electrons. The summed E-state index contributed by atoms with van der Waals surface area (Å²) in [7, 11) is 0. The number of hydrogen-bond donors (Lipinski definition) is 1. The third-order valence-corrected chi connectivity index (χ3v) is 2.14. The molecule has 0 heterocycles. The van der Waals surface area contributed by atoms with Gasteiger partial charge in [-0.15, -0.1) is 23.2 Å². The molecule has 0 amide bonds. The van der Waals surface area contributed by atoms with Crippen molar-refractivity contribution in [3.05, 3.63) is 34.9 Å². The lowest BCUT2D eigenvalue weighted by Gasteiger charge is -2.11. The predicted molar refractivity (Wildman–Crippen MR) is 51.9 cm³/mol. The maximum Gasteiger partial charge on any atom is 0.137 e. The van der Waals surface area contributed by atoms with Crippen LogP contribution < -0.4 is 0 Å². The van der Waals surface area contributed by atoms with Gasteiger partial charge in [0.15, 0.2) is 0 Å². The van der Waals surface area contributed by atoms with Crippen molar-refractivity contribution >= 4 is 34.8 Å². The molecule has 0 aromatic heterocycles. The second-order valence-corrected chi connectivity index (χ2v) is 3.93. The van der Waals surface area contributed by atoms with Crippen molar-refractivity contribution in [3.8, 4) is 0 Å². The lowest BCUT2D eigenvalue weighted by Crippen LogP contribution is -2.05. The number of hydrogen-bond acceptors (Lipinski definition) is 1. The van der Waals surface area contributed by atoms with E-state index in [2.05, 4.69) is 0 Å². The van der Waals surface area contributed by atoms with Gasteiger partial charge >= 0.3 is 0 Å². The quantitative estimate of drug-likeness (QED) is 0.767. The zero-order valence-corrected chi connectivity index (χ0v) is 8.31. The van der Waals surface area contributed by atoms with E-state index in [-0.39, 0.29) is 0 Å². The lowest BCUT2D eigenvalue weighted by molar-refractivity contribution is 0.193. The molecule has 0 radical (unpaired) electrons. The molecule has 1 N–H and O–H groups in total. The molecule has 1 aromatic carbocycles. The molecule has 0 bridgehead atoms. The van der Waals surface area contributed by atoms with Crippen LogP contribution in [-0.4, -0.2) is 9.94 Å². The van der Waals surface area contributed by atoms with Crippen LogP contribution >= 0.6 is 34.8 Å². The average molecular weight is 226 g/mol. The Kier molecular flexibility index (Phi) is 3.66. The summed E-state index contributed by atoms with van der Waals surface area (Å²) < 4.78 is 0. The van der Waals surface area contributed by atoms with Gasteiger partial charge in [-0.05, 0) is 17.7 Å². The SMILES string of the molecule is OC(c1cccc(Cl)c1)C(Cl)Cl. The van der Waals surface area contributed by atoms with Crippen molar-refractivity contribution in [1.29, 1.82) is 0 Å². The Morgan fingerprint density at radius 1 is 1.25 bits per heavy atom. The third kappa shape index (κ3) is 2.53. The Morgan fingerprint density at radius 2 is 1.92 bits per heavy atom. The van der Waals surface area contributed by atoms with Gasteiger partial charge in [0.1, 0.15) is 10.9 Å². The molecular formula is C8H7Cl3O. The van der Waals surface area contributed by atoms with Crippen LogP contribution in [0.2, 0.25) is 5.02 Å². The highest BCUT2D eigenvalue weighted by Gasteiger charge is 2.15. The van der Waals surface area contributed by atoms with Gasteiger partial charge in [-0.1, -0.05) is 23.7 Å². The first kappa shape index (κ1) is 10.1. The molecule has 1 unspecified atom stereocenters. The van der Waals surface area contributed by atoms with Crippen LogP contribution in [0.4, 0.5) is 0 Å². The van der Waals surface area contributed by atoms with Crippen LogP contribution in [-0.2, 0) is 0 Å². The molecular weight excluding hydrogens is 218 g/mol. The zero-order chi connectivity index (χ0) is 9.14. The van der Waals surface area contributed by atoms with E-state index < -0.39 is 10.9 Å². The van der Waals surface area contributed by atoms with Crippen LogP contribution in [0.1, 0.15) is 11.7 Å². The minimum atomic E-state index is -0.882. The molecule has 0 fully saturated rings. The van der Waals surface area contributed by atoms with Gasteiger partial charge in [0.05, 0.1) is 0 Å². The number of aliphatic hydroxyl groups is 1. The van der Waals surface area contributed by atoms with Gasteiger partial charge < -0.3 is 5.11 Å². The summed E-state index contributed by atoms with van der Waals surface area (Å²) in [5.41, 5.74) is 0.623. The van der Waals surface area contributed by atoms with Gasteiger partial charge in [0.2, 0.25) is 0 Å².